The van der Waals surface area contributed by atoms with Crippen molar-refractivity contribution in [2.24, 2.45) is 0 Å². The topological polar surface area (TPSA) is 15.3 Å². The van der Waals surface area contributed by atoms with Crippen LogP contribution in [0.15, 0.2) is 0 Å². The van der Waals surface area contributed by atoms with Crippen LogP contribution < -0.4 is 5.43 Å². The van der Waals surface area contributed by atoms with Crippen molar-refractivity contribution in [3.63, 3.8) is 0 Å². The second-order valence-corrected chi connectivity index (χ2v) is 2.56. The summed E-state index contributed by atoms with van der Waals surface area (Å²) in [7, 11) is 1.98. The van der Waals surface area contributed by atoms with Gasteiger partial charge in [-0.3, -0.25) is 5.43 Å². The molecule has 0 aliphatic carbocycles. The summed E-state index contributed by atoms with van der Waals surface area (Å²) in [5, 5.41) is 2.26. The van der Waals surface area contributed by atoms with E-state index in [4.69, 9.17) is 0 Å². The van der Waals surface area contributed by atoms with Gasteiger partial charge in [-0.1, -0.05) is 0 Å². The van der Waals surface area contributed by atoms with Gasteiger partial charge in [0.1, 0.15) is 0 Å². The van der Waals surface area contributed by atoms with Crippen molar-refractivity contribution < 1.29 is 0 Å². The van der Waals surface area contributed by atoms with Crippen molar-refractivity contribution in [1.29, 1.82) is 0 Å². The number of hydrogen-bond donors (Lipinski definition) is 1. The Morgan fingerprint density at radius 2 is 1.88 bits per heavy atom. The molecule has 2 nitrogen and oxygen atoms in total. The first-order valence-electron chi connectivity index (χ1n) is 3.21. The van der Waals surface area contributed by atoms with E-state index in [2.05, 4.69) is 24.3 Å². The molecule has 0 bridgehead atoms. The van der Waals surface area contributed by atoms with Gasteiger partial charge in [0.05, 0.1) is 0 Å². The van der Waals surface area contributed by atoms with Crippen LogP contribution in [0, 0.1) is 0 Å². The summed E-state index contributed by atoms with van der Waals surface area (Å²) in [6.45, 7) is 4.47. The summed E-state index contributed by atoms with van der Waals surface area (Å²) >= 11 is 0. The minimum Gasteiger partial charge on any atom is -0.258 e. The lowest BCUT2D eigenvalue weighted by atomic mass is 9.99. The van der Waals surface area contributed by atoms with Crippen LogP contribution in [0.25, 0.3) is 0 Å². The van der Waals surface area contributed by atoms with Crippen LogP contribution in [-0.2, 0) is 0 Å². The van der Waals surface area contributed by atoms with Crippen LogP contribution in [0.3, 0.4) is 0 Å². The monoisotopic (exact) mass is 114 g/mol. The van der Waals surface area contributed by atoms with E-state index in [-0.39, 0.29) is 0 Å². The van der Waals surface area contributed by atoms with Gasteiger partial charge in [0, 0.05) is 12.1 Å². The first-order chi connectivity index (χ1) is 3.75. The molecule has 48 valence electrons. The maximum absolute atomic E-state index is 3.13. The fourth-order valence-electron chi connectivity index (χ4n) is 1.46. The number of rotatable bonds is 1. The van der Waals surface area contributed by atoms with Gasteiger partial charge in [0.15, 0.2) is 0 Å². The summed E-state index contributed by atoms with van der Waals surface area (Å²) in [5.41, 5.74) is 3.13. The van der Waals surface area contributed by atoms with Crippen LogP contribution in [0.2, 0.25) is 0 Å². The third-order valence-electron chi connectivity index (χ3n) is 1.89. The van der Waals surface area contributed by atoms with Gasteiger partial charge in [0.2, 0.25) is 0 Å². The van der Waals surface area contributed by atoms with Crippen molar-refractivity contribution in [2.45, 2.75) is 32.4 Å². The van der Waals surface area contributed by atoms with E-state index in [9.17, 15) is 0 Å². The van der Waals surface area contributed by atoms with E-state index in [1.807, 2.05) is 7.05 Å². The Labute approximate surface area is 50.8 Å². The Kier molecular flexibility index (Phi) is 1.54. The Morgan fingerprint density at radius 1 is 1.38 bits per heavy atom. The molecule has 1 N–H and O–H groups in total. The largest absolute Gasteiger partial charge is 0.258 e. The molecule has 0 radical (unpaired) electrons. The first-order valence-corrected chi connectivity index (χ1v) is 3.21. The molecular weight excluding hydrogens is 100 g/mol. The molecule has 1 rings (SSSR count). The van der Waals surface area contributed by atoms with Crippen LogP contribution in [0.4, 0.5) is 0 Å². The molecule has 2 heteroatoms. The van der Waals surface area contributed by atoms with Gasteiger partial charge >= 0.3 is 0 Å². The lowest BCUT2D eigenvalue weighted by Gasteiger charge is -2.44. The zero-order chi connectivity index (χ0) is 6.15. The van der Waals surface area contributed by atoms with Crippen LogP contribution in [0.5, 0.6) is 0 Å². The van der Waals surface area contributed by atoms with Crippen molar-refractivity contribution in [3.8, 4) is 0 Å². The zero-order valence-corrected chi connectivity index (χ0v) is 5.81. The maximum Gasteiger partial charge on any atom is 0.0233 e. The molecule has 1 heterocycles. The average Bonchev–Trinajstić information content (AvgIpc) is 1.67. The molecule has 0 aromatic rings. The van der Waals surface area contributed by atoms with E-state index in [0.29, 0.717) is 0 Å². The molecule has 1 saturated heterocycles. The van der Waals surface area contributed by atoms with Gasteiger partial charge in [-0.05, 0) is 27.3 Å². The average molecular weight is 114 g/mol. The molecule has 1 aliphatic heterocycles. The third-order valence-corrected chi connectivity index (χ3v) is 1.89. The van der Waals surface area contributed by atoms with Crippen molar-refractivity contribution in [3.05, 3.63) is 0 Å². The highest BCUT2D eigenvalue weighted by atomic mass is 15.5. The minimum atomic E-state index is 0.745. The normalized spacial score (nSPS) is 39.4. The van der Waals surface area contributed by atoms with Gasteiger partial charge in [-0.15, -0.1) is 0 Å². The second-order valence-electron chi connectivity index (χ2n) is 2.56. The lowest BCUT2D eigenvalue weighted by molar-refractivity contribution is -0.00585. The zero-order valence-electron chi connectivity index (χ0n) is 5.81. The number of nitrogens with zero attached hydrogens (tertiary/aromatic N) is 1. The smallest absolute Gasteiger partial charge is 0.0233 e. The van der Waals surface area contributed by atoms with Crippen LogP contribution >= 0.6 is 0 Å². The summed E-state index contributed by atoms with van der Waals surface area (Å²) < 4.78 is 0. The molecule has 2 unspecified atom stereocenters. The molecule has 1 fully saturated rings. The summed E-state index contributed by atoms with van der Waals surface area (Å²) in [4.78, 5) is 0. The van der Waals surface area contributed by atoms with E-state index >= 15 is 0 Å². The second kappa shape index (κ2) is 2.03. The summed E-state index contributed by atoms with van der Waals surface area (Å²) in [6, 6.07) is 1.49. The predicted octanol–water partition coefficient (Wildman–Crippen LogP) is 0.603. The highest BCUT2D eigenvalue weighted by Crippen LogP contribution is 2.20. The third kappa shape index (κ3) is 0.740. The van der Waals surface area contributed by atoms with E-state index in [1.54, 1.807) is 0 Å². The van der Waals surface area contributed by atoms with Gasteiger partial charge < -0.3 is 0 Å². The van der Waals surface area contributed by atoms with Crippen molar-refractivity contribution >= 4 is 0 Å². The standard InChI is InChI=1S/C6H14N2/c1-5-4-6(2)8(5)7-3/h5-7H,4H2,1-3H3. The van der Waals surface area contributed by atoms with Crippen LogP contribution in [-0.4, -0.2) is 24.1 Å². The minimum absolute atomic E-state index is 0.745. The maximum atomic E-state index is 3.13. The highest BCUT2D eigenvalue weighted by molar-refractivity contribution is 4.82. The molecule has 0 aromatic heterocycles. The number of nitrogens with one attached hydrogen (secondary N) is 1. The molecular formula is C6H14N2. The Bertz CT molecular complexity index is 74.6. The molecule has 8 heavy (non-hydrogen) atoms. The Hall–Kier alpha value is -0.0800. The summed E-state index contributed by atoms with van der Waals surface area (Å²) in [5.74, 6) is 0. The lowest BCUT2D eigenvalue weighted by Crippen LogP contribution is -2.58. The van der Waals surface area contributed by atoms with Crippen molar-refractivity contribution in [1.82, 2.24) is 10.4 Å². The summed E-state index contributed by atoms with van der Waals surface area (Å²) in [6.07, 6.45) is 1.33. The van der Waals surface area contributed by atoms with E-state index < -0.39 is 0 Å². The number of hydrogen-bond acceptors (Lipinski definition) is 2. The fourth-order valence-corrected chi connectivity index (χ4v) is 1.46. The Balaban J connectivity index is 2.29. The molecule has 1 aliphatic rings. The van der Waals surface area contributed by atoms with Gasteiger partial charge in [-0.2, -0.15) is 0 Å². The van der Waals surface area contributed by atoms with Gasteiger partial charge in [0.25, 0.3) is 0 Å². The molecule has 0 aromatic carbocycles. The quantitative estimate of drug-likeness (QED) is 0.537. The van der Waals surface area contributed by atoms with E-state index in [1.165, 1.54) is 6.42 Å². The first kappa shape index (κ1) is 6.05. The highest BCUT2D eigenvalue weighted by Gasteiger charge is 2.29. The Morgan fingerprint density at radius 3 is 2.00 bits per heavy atom. The SMILES string of the molecule is CNN1C(C)CC1C. The van der Waals surface area contributed by atoms with Crippen molar-refractivity contribution in [2.75, 3.05) is 7.05 Å². The van der Waals surface area contributed by atoms with Crippen LogP contribution in [0.1, 0.15) is 20.3 Å². The molecule has 2 atom stereocenters. The predicted molar refractivity (Wildman–Crippen MR) is 34.4 cm³/mol. The van der Waals surface area contributed by atoms with E-state index in [0.717, 1.165) is 12.1 Å². The number of hydrazine groups is 1. The molecule has 0 amide bonds. The molecule has 0 spiro atoms. The fraction of sp³-hybridized carbons (Fsp3) is 1.00. The molecule has 0 saturated carbocycles. The van der Waals surface area contributed by atoms with Gasteiger partial charge in [-0.25, -0.2) is 5.01 Å².